The number of carbonyl (C=O) groups excluding carboxylic acids is 2. The number of rotatable bonds is 45. The van der Waals surface area contributed by atoms with Crippen LogP contribution in [0.15, 0.2) is 12.4 Å². The maximum atomic E-state index is 12.8. The molecular weight excluding hydrogens is 695 g/mol. The van der Waals surface area contributed by atoms with Crippen LogP contribution < -0.4 is 5.32 Å². The normalized spacial score (nSPS) is 11.4. The van der Waals surface area contributed by atoms with Crippen molar-refractivity contribution in [1.82, 2.24) is 15.1 Å². The molecule has 332 valence electrons. The Labute approximate surface area is 349 Å². The minimum absolute atomic E-state index is 0.0149. The van der Waals surface area contributed by atoms with E-state index in [4.69, 9.17) is 9.47 Å². The Morgan fingerprint density at radius 3 is 1.38 bits per heavy atom. The molecule has 0 bridgehead atoms. The van der Waals surface area contributed by atoms with Crippen molar-refractivity contribution < 1.29 is 19.1 Å². The molecule has 0 aliphatic carbocycles. The fourth-order valence-corrected chi connectivity index (χ4v) is 7.43. The summed E-state index contributed by atoms with van der Waals surface area (Å²) in [6.45, 7) is 15.8. The molecular formula is C49H97N3O4. The first-order valence-corrected chi connectivity index (χ1v) is 24.5. The molecule has 7 nitrogen and oxygen atoms in total. The molecule has 0 unspecified atom stereocenters. The standard InChI is InChI=1S/C49H97N3O4/c1-7-10-13-16-19-28-35-45-55-48(53)39-31-24-20-26-33-42-52(44-36-41-50-46(4)51(5)6)43-34-27-21-25-32-40-49(54)56-47(37-29-22-17-14-11-8-2)38-30-23-18-15-12-9-3/h47,50H,4,7-45H2,1-3,5-6H3. The average molecular weight is 792 g/mol. The molecule has 0 spiro atoms. The van der Waals surface area contributed by atoms with Crippen LogP contribution in [0.5, 0.6) is 0 Å². The molecule has 0 aromatic rings. The first-order valence-electron chi connectivity index (χ1n) is 24.5. The molecule has 0 aliphatic heterocycles. The lowest BCUT2D eigenvalue weighted by molar-refractivity contribution is -0.150. The summed E-state index contributed by atoms with van der Waals surface area (Å²) < 4.78 is 11.5. The van der Waals surface area contributed by atoms with Gasteiger partial charge in [0.15, 0.2) is 0 Å². The topological polar surface area (TPSA) is 71.1 Å². The van der Waals surface area contributed by atoms with Gasteiger partial charge in [0.25, 0.3) is 0 Å². The molecule has 0 radical (unpaired) electrons. The van der Waals surface area contributed by atoms with E-state index in [1.165, 1.54) is 154 Å². The minimum Gasteiger partial charge on any atom is -0.466 e. The van der Waals surface area contributed by atoms with Gasteiger partial charge in [0.2, 0.25) is 0 Å². The molecule has 0 saturated carbocycles. The van der Waals surface area contributed by atoms with Gasteiger partial charge >= 0.3 is 11.9 Å². The number of carbonyl (C=O) groups is 2. The van der Waals surface area contributed by atoms with E-state index in [0.29, 0.717) is 19.4 Å². The SMILES string of the molecule is C=C(NCCCN(CCCCCCCC(=O)OCCCCCCCCC)CCCCCCCC(=O)OC(CCCCCCCC)CCCCCCCC)N(C)C. The number of nitrogens with one attached hydrogen (secondary N) is 1. The summed E-state index contributed by atoms with van der Waals surface area (Å²) in [6.07, 6.45) is 39.9. The van der Waals surface area contributed by atoms with E-state index in [1.54, 1.807) is 0 Å². The molecule has 0 aromatic heterocycles. The van der Waals surface area contributed by atoms with Gasteiger partial charge in [0, 0.05) is 33.5 Å². The van der Waals surface area contributed by atoms with Gasteiger partial charge in [-0.15, -0.1) is 0 Å². The Hall–Kier alpha value is -1.76. The minimum atomic E-state index is -0.0149. The zero-order valence-electron chi connectivity index (χ0n) is 38.4. The van der Waals surface area contributed by atoms with Crippen LogP contribution >= 0.6 is 0 Å². The lowest BCUT2D eigenvalue weighted by atomic mass is 10.0. The quantitative estimate of drug-likeness (QED) is 0.0486. The van der Waals surface area contributed by atoms with E-state index in [2.05, 4.69) is 37.6 Å². The van der Waals surface area contributed by atoms with Gasteiger partial charge < -0.3 is 24.6 Å². The molecule has 56 heavy (non-hydrogen) atoms. The Morgan fingerprint density at radius 2 is 0.893 bits per heavy atom. The van der Waals surface area contributed by atoms with E-state index in [-0.39, 0.29) is 18.0 Å². The summed E-state index contributed by atoms with van der Waals surface area (Å²) in [5, 5.41) is 3.44. The highest BCUT2D eigenvalue weighted by Gasteiger charge is 2.14. The van der Waals surface area contributed by atoms with E-state index < -0.39 is 0 Å². The summed E-state index contributed by atoms with van der Waals surface area (Å²) in [4.78, 5) is 29.6. The van der Waals surface area contributed by atoms with Crippen LogP contribution in [0.2, 0.25) is 0 Å². The van der Waals surface area contributed by atoms with Crippen LogP contribution in [0.4, 0.5) is 0 Å². The molecule has 0 atom stereocenters. The molecule has 0 rings (SSSR count). The number of hydrogen-bond donors (Lipinski definition) is 1. The van der Waals surface area contributed by atoms with Crippen LogP contribution in [0.25, 0.3) is 0 Å². The Balaban J connectivity index is 4.35. The molecule has 0 fully saturated rings. The molecule has 0 aliphatic rings. The summed E-state index contributed by atoms with van der Waals surface area (Å²) in [6, 6.07) is 0. The lowest BCUT2D eigenvalue weighted by Crippen LogP contribution is -2.31. The largest absolute Gasteiger partial charge is 0.466 e. The zero-order valence-corrected chi connectivity index (χ0v) is 38.4. The van der Waals surface area contributed by atoms with Crippen molar-refractivity contribution in [3.8, 4) is 0 Å². The van der Waals surface area contributed by atoms with E-state index in [0.717, 1.165) is 83.4 Å². The smallest absolute Gasteiger partial charge is 0.306 e. The average Bonchev–Trinajstić information content (AvgIpc) is 3.18. The van der Waals surface area contributed by atoms with Gasteiger partial charge in [-0.25, -0.2) is 0 Å². The number of ether oxygens (including phenoxy) is 2. The van der Waals surface area contributed by atoms with E-state index in [9.17, 15) is 9.59 Å². The van der Waals surface area contributed by atoms with Crippen molar-refractivity contribution in [2.24, 2.45) is 0 Å². The highest BCUT2D eigenvalue weighted by molar-refractivity contribution is 5.69. The van der Waals surface area contributed by atoms with Crippen molar-refractivity contribution in [2.75, 3.05) is 46.9 Å². The van der Waals surface area contributed by atoms with E-state index >= 15 is 0 Å². The van der Waals surface area contributed by atoms with Crippen molar-refractivity contribution >= 4 is 11.9 Å². The molecule has 1 N–H and O–H groups in total. The highest BCUT2D eigenvalue weighted by atomic mass is 16.5. The predicted octanol–water partition coefficient (Wildman–Crippen LogP) is 13.7. The van der Waals surface area contributed by atoms with Gasteiger partial charge in [-0.2, -0.15) is 0 Å². The fourth-order valence-electron chi connectivity index (χ4n) is 7.43. The van der Waals surface area contributed by atoms with Gasteiger partial charge in [-0.1, -0.05) is 169 Å². The van der Waals surface area contributed by atoms with Gasteiger partial charge in [0.05, 0.1) is 12.4 Å². The molecule has 0 amide bonds. The second kappa shape index (κ2) is 42.8. The fraction of sp³-hybridized carbons (Fsp3) is 0.918. The van der Waals surface area contributed by atoms with Crippen molar-refractivity contribution in [3.05, 3.63) is 12.4 Å². The third kappa shape index (κ3) is 39.1. The van der Waals surface area contributed by atoms with Crippen LogP contribution in [0, 0.1) is 0 Å². The van der Waals surface area contributed by atoms with Crippen LogP contribution in [0.1, 0.15) is 239 Å². The van der Waals surface area contributed by atoms with Crippen LogP contribution in [0.3, 0.4) is 0 Å². The van der Waals surface area contributed by atoms with Gasteiger partial charge in [0.1, 0.15) is 6.10 Å². The third-order valence-electron chi connectivity index (χ3n) is 11.3. The Bertz CT molecular complexity index is 850. The Kier molecular flexibility index (Phi) is 41.5. The predicted molar refractivity (Wildman–Crippen MR) is 242 cm³/mol. The monoisotopic (exact) mass is 792 g/mol. The number of unbranched alkanes of at least 4 members (excludes halogenated alkanes) is 24. The van der Waals surface area contributed by atoms with Crippen molar-refractivity contribution in [3.63, 3.8) is 0 Å². The molecule has 0 aromatic carbocycles. The van der Waals surface area contributed by atoms with Crippen LogP contribution in [-0.2, 0) is 19.1 Å². The Morgan fingerprint density at radius 1 is 0.500 bits per heavy atom. The number of nitrogens with zero attached hydrogens (tertiary/aromatic N) is 2. The summed E-state index contributed by atoms with van der Waals surface area (Å²) in [7, 11) is 4.05. The second-order valence-corrected chi connectivity index (χ2v) is 17.1. The maximum Gasteiger partial charge on any atom is 0.306 e. The van der Waals surface area contributed by atoms with Crippen LogP contribution in [-0.4, -0.2) is 74.7 Å². The first kappa shape index (κ1) is 54.2. The van der Waals surface area contributed by atoms with Crippen molar-refractivity contribution in [1.29, 1.82) is 0 Å². The molecule has 7 heteroatoms. The van der Waals surface area contributed by atoms with Gasteiger partial charge in [-0.3, -0.25) is 9.59 Å². The number of hydrogen-bond acceptors (Lipinski definition) is 7. The number of esters is 2. The summed E-state index contributed by atoms with van der Waals surface area (Å²) in [5.74, 6) is 0.981. The highest BCUT2D eigenvalue weighted by Crippen LogP contribution is 2.19. The molecule has 0 saturated heterocycles. The first-order chi connectivity index (χ1) is 27.3. The van der Waals surface area contributed by atoms with E-state index in [1.807, 2.05) is 19.0 Å². The zero-order chi connectivity index (χ0) is 41.2. The molecule has 0 heterocycles. The van der Waals surface area contributed by atoms with Gasteiger partial charge in [-0.05, 0) is 83.8 Å². The lowest BCUT2D eigenvalue weighted by Gasteiger charge is -2.23. The third-order valence-corrected chi connectivity index (χ3v) is 11.3. The summed E-state index contributed by atoms with van der Waals surface area (Å²) >= 11 is 0. The summed E-state index contributed by atoms with van der Waals surface area (Å²) in [5.41, 5.74) is 0. The second-order valence-electron chi connectivity index (χ2n) is 17.1. The maximum absolute atomic E-state index is 12.8. The van der Waals surface area contributed by atoms with Crippen molar-refractivity contribution in [2.45, 2.75) is 245 Å².